The molecule has 0 heterocycles. The number of ether oxygens (including phenoxy) is 1. The van der Waals surface area contributed by atoms with Gasteiger partial charge in [0.1, 0.15) is 18.3 Å². The van der Waals surface area contributed by atoms with Crippen LogP contribution < -0.4 is 5.32 Å². The summed E-state index contributed by atoms with van der Waals surface area (Å²) in [6, 6.07) is -1.71. The zero-order valence-corrected chi connectivity index (χ0v) is 19.5. The highest BCUT2D eigenvalue weighted by molar-refractivity contribution is 6.77. The lowest BCUT2D eigenvalue weighted by Gasteiger charge is -2.45. The van der Waals surface area contributed by atoms with E-state index < -0.39 is 51.0 Å². The first-order chi connectivity index (χ1) is 12.6. The van der Waals surface area contributed by atoms with E-state index >= 15 is 0 Å². The molecule has 0 aromatic rings. The number of carbonyl (C=O) groups is 2. The van der Waals surface area contributed by atoms with Crippen molar-refractivity contribution >= 4 is 20.4 Å². The highest BCUT2D eigenvalue weighted by atomic mass is 28.4. The molecule has 1 amide bonds. The molecule has 2 N–H and O–H groups in total. The van der Waals surface area contributed by atoms with Crippen molar-refractivity contribution in [2.24, 2.45) is 0 Å². The molecule has 0 aromatic heterocycles. The molecule has 0 aromatic carbocycles. The summed E-state index contributed by atoms with van der Waals surface area (Å²) in [6.07, 6.45) is -4.99. The molecule has 0 rings (SSSR count). The minimum absolute atomic E-state index is 0.0277. The number of aliphatic carboxylic acids is 1. The lowest BCUT2D eigenvalue weighted by atomic mass is 10.1. The van der Waals surface area contributed by atoms with Gasteiger partial charge in [-0.25, -0.2) is 18.4 Å². The fourth-order valence-electron chi connectivity index (χ4n) is 3.80. The first-order valence-electron chi connectivity index (χ1n) is 9.70. The summed E-state index contributed by atoms with van der Waals surface area (Å²) in [4.78, 5) is 24.1. The number of carboxylic acids is 1. The number of rotatable bonds is 10. The van der Waals surface area contributed by atoms with Gasteiger partial charge in [-0.15, -0.1) is 0 Å². The normalized spacial score (nSPS) is 16.2. The molecule has 0 unspecified atom stereocenters. The topological polar surface area (TPSA) is 84.9 Å². The van der Waals surface area contributed by atoms with E-state index in [1.807, 2.05) is 41.5 Å². The van der Waals surface area contributed by atoms with Gasteiger partial charge in [-0.05, 0) is 37.4 Å². The maximum Gasteiger partial charge on any atom is 0.408 e. The summed E-state index contributed by atoms with van der Waals surface area (Å²) in [7, 11) is -2.73. The third-order valence-corrected chi connectivity index (χ3v) is 10.9. The Morgan fingerprint density at radius 2 is 1.46 bits per heavy atom. The van der Waals surface area contributed by atoms with Gasteiger partial charge in [-0.3, -0.25) is 0 Å². The summed E-state index contributed by atoms with van der Waals surface area (Å²) in [5.41, 5.74) is -0.790. The summed E-state index contributed by atoms with van der Waals surface area (Å²) in [6.45, 7) is 15.1. The number of hydrogen-bond acceptors (Lipinski definition) is 4. The summed E-state index contributed by atoms with van der Waals surface area (Å²) >= 11 is 0. The van der Waals surface area contributed by atoms with Crippen LogP contribution in [0.3, 0.4) is 0 Å². The molecule has 166 valence electrons. The lowest BCUT2D eigenvalue weighted by molar-refractivity contribution is -0.148. The molecule has 28 heavy (non-hydrogen) atoms. The molecular formula is C19H37F2NO5Si. The fourth-order valence-corrected chi connectivity index (χ4v) is 9.30. The Morgan fingerprint density at radius 1 is 1.04 bits per heavy atom. The first kappa shape index (κ1) is 26.8. The van der Waals surface area contributed by atoms with Gasteiger partial charge in [0.05, 0.1) is 0 Å². The quantitative estimate of drug-likeness (QED) is 0.490. The number of carbonyl (C=O) groups excluding carboxylic acids is 1. The minimum Gasteiger partial charge on any atom is -0.479 e. The summed E-state index contributed by atoms with van der Waals surface area (Å²) < 4.78 is 38.8. The van der Waals surface area contributed by atoms with Crippen LogP contribution in [0.25, 0.3) is 0 Å². The average Bonchev–Trinajstić information content (AvgIpc) is 2.50. The summed E-state index contributed by atoms with van der Waals surface area (Å²) in [5, 5.41) is 11.9. The van der Waals surface area contributed by atoms with E-state index in [-0.39, 0.29) is 16.6 Å². The van der Waals surface area contributed by atoms with E-state index in [2.05, 4.69) is 5.32 Å². The Hall–Kier alpha value is -1.22. The molecule has 0 saturated carbocycles. The smallest absolute Gasteiger partial charge is 0.408 e. The molecule has 0 fully saturated rings. The number of carboxylic acid groups (broad SMARTS) is 1. The Balaban J connectivity index is 6.00. The van der Waals surface area contributed by atoms with Crippen molar-refractivity contribution in [1.82, 2.24) is 5.32 Å². The molecule has 9 heteroatoms. The molecule has 6 nitrogen and oxygen atoms in total. The number of hydrogen-bond donors (Lipinski definition) is 2. The highest BCUT2D eigenvalue weighted by Crippen LogP contribution is 2.43. The Kier molecular flexibility index (Phi) is 10.1. The second-order valence-corrected chi connectivity index (χ2v) is 14.4. The number of nitrogens with one attached hydrogen (secondary N) is 1. The summed E-state index contributed by atoms with van der Waals surface area (Å²) in [5.74, 6) is -1.45. The van der Waals surface area contributed by atoms with Crippen molar-refractivity contribution in [3.8, 4) is 0 Å². The van der Waals surface area contributed by atoms with Crippen LogP contribution in [0.2, 0.25) is 16.6 Å². The van der Waals surface area contributed by atoms with Crippen LogP contribution in [0, 0.1) is 0 Å². The third-order valence-electron chi connectivity index (χ3n) is 4.83. The van der Waals surface area contributed by atoms with Crippen LogP contribution in [-0.2, 0) is 14.0 Å². The van der Waals surface area contributed by atoms with Gasteiger partial charge >= 0.3 is 12.1 Å². The predicted octanol–water partition coefficient (Wildman–Crippen LogP) is 4.83. The second kappa shape index (κ2) is 10.5. The zero-order chi connectivity index (χ0) is 22.4. The number of alkyl halides is 2. The SMILES string of the molecule is CC(C)[Si](O[C@@H](C(=O)O)[C@@H](NC(=O)OC(C)(C)C)[C@@H](F)CF)(C(C)C)C(C)C. The molecular weight excluding hydrogens is 388 g/mol. The van der Waals surface area contributed by atoms with Crippen LogP contribution in [0.5, 0.6) is 0 Å². The Labute approximate surface area is 168 Å². The van der Waals surface area contributed by atoms with E-state index in [9.17, 15) is 23.5 Å². The van der Waals surface area contributed by atoms with Gasteiger partial charge in [-0.1, -0.05) is 41.5 Å². The van der Waals surface area contributed by atoms with E-state index in [1.54, 1.807) is 20.8 Å². The van der Waals surface area contributed by atoms with Gasteiger partial charge in [0.25, 0.3) is 0 Å². The van der Waals surface area contributed by atoms with Gasteiger partial charge in [0.2, 0.25) is 8.32 Å². The lowest BCUT2D eigenvalue weighted by Crippen LogP contribution is -2.60. The first-order valence-corrected chi connectivity index (χ1v) is 11.8. The maximum absolute atomic E-state index is 14.4. The van der Waals surface area contributed by atoms with Gasteiger partial charge in [-0.2, -0.15) is 0 Å². The molecule has 0 aliphatic carbocycles. The third kappa shape index (κ3) is 6.99. The van der Waals surface area contributed by atoms with Crippen LogP contribution >= 0.6 is 0 Å². The zero-order valence-electron chi connectivity index (χ0n) is 18.5. The molecule has 0 radical (unpaired) electrons. The molecule has 0 spiro atoms. The van der Waals surface area contributed by atoms with E-state index in [0.29, 0.717) is 0 Å². The van der Waals surface area contributed by atoms with Crippen LogP contribution in [0.1, 0.15) is 62.3 Å². The van der Waals surface area contributed by atoms with Gasteiger partial charge in [0, 0.05) is 0 Å². The van der Waals surface area contributed by atoms with Crippen molar-refractivity contribution < 1.29 is 32.6 Å². The number of halogens is 2. The van der Waals surface area contributed by atoms with Crippen LogP contribution in [0.4, 0.5) is 13.6 Å². The van der Waals surface area contributed by atoms with E-state index in [1.165, 1.54) is 0 Å². The number of alkyl carbamates (subject to hydrolysis) is 1. The van der Waals surface area contributed by atoms with Crippen molar-refractivity contribution in [2.45, 2.75) is 103 Å². The van der Waals surface area contributed by atoms with E-state index in [4.69, 9.17) is 9.16 Å². The van der Waals surface area contributed by atoms with Crippen molar-refractivity contribution in [3.63, 3.8) is 0 Å². The number of amides is 1. The molecule has 3 atom stereocenters. The molecule has 0 aliphatic rings. The standard InChI is InChI=1S/C19H37F2NO5Si/c1-11(2)28(12(3)4,13(5)6)27-16(17(23)24)15(14(21)10-20)22-18(25)26-19(7,8)9/h11-16H,10H2,1-9H3,(H,22,25)(H,23,24)/t14-,15-,16+/m0/s1. The van der Waals surface area contributed by atoms with Gasteiger partial charge < -0.3 is 19.6 Å². The fraction of sp³-hybridized carbons (Fsp3) is 0.895. The van der Waals surface area contributed by atoms with Crippen molar-refractivity contribution in [1.29, 1.82) is 0 Å². The average molecular weight is 426 g/mol. The van der Waals surface area contributed by atoms with E-state index in [0.717, 1.165) is 0 Å². The molecule has 0 aliphatic heterocycles. The second-order valence-electron chi connectivity index (χ2n) is 9.04. The molecule has 0 saturated heterocycles. The maximum atomic E-state index is 14.4. The van der Waals surface area contributed by atoms with Crippen molar-refractivity contribution in [2.75, 3.05) is 6.67 Å². The largest absolute Gasteiger partial charge is 0.479 e. The Morgan fingerprint density at radius 3 is 1.75 bits per heavy atom. The van der Waals surface area contributed by atoms with Crippen LogP contribution in [-0.4, -0.2) is 56.1 Å². The molecule has 0 bridgehead atoms. The van der Waals surface area contributed by atoms with Crippen molar-refractivity contribution in [3.05, 3.63) is 0 Å². The highest BCUT2D eigenvalue weighted by Gasteiger charge is 2.50. The van der Waals surface area contributed by atoms with Gasteiger partial charge in [0.15, 0.2) is 12.3 Å². The predicted molar refractivity (Wildman–Crippen MR) is 108 cm³/mol. The Bertz CT molecular complexity index is 501. The monoisotopic (exact) mass is 425 g/mol. The minimum atomic E-state index is -2.73. The van der Waals surface area contributed by atoms with Crippen LogP contribution in [0.15, 0.2) is 0 Å².